The molecule has 1 aromatic rings. The number of hydrogen-bond acceptors (Lipinski definition) is 4. The van der Waals surface area contributed by atoms with Crippen LogP contribution in [0.25, 0.3) is 0 Å². The average molecular weight is 251 g/mol. The number of amides is 2. The van der Waals surface area contributed by atoms with Gasteiger partial charge in [0.1, 0.15) is 12.1 Å². The number of nitrogens with zero attached hydrogens (tertiary/aromatic N) is 2. The number of aromatic nitrogens is 1. The second kappa shape index (κ2) is 4.80. The van der Waals surface area contributed by atoms with E-state index in [0.717, 1.165) is 0 Å². The van der Waals surface area contributed by atoms with E-state index >= 15 is 0 Å². The van der Waals surface area contributed by atoms with Crippen molar-refractivity contribution in [2.75, 3.05) is 0 Å². The van der Waals surface area contributed by atoms with Crippen molar-refractivity contribution < 1.29 is 14.1 Å². The Morgan fingerprint density at radius 1 is 1.50 bits per heavy atom. The molecule has 0 bridgehead atoms. The molecule has 18 heavy (non-hydrogen) atoms. The molecule has 1 fully saturated rings. The molecular weight excluding hydrogens is 234 g/mol. The Bertz CT molecular complexity index is 441. The van der Waals surface area contributed by atoms with Gasteiger partial charge in [0.15, 0.2) is 5.76 Å². The minimum Gasteiger partial charge on any atom is -0.360 e. The van der Waals surface area contributed by atoms with Crippen LogP contribution < -0.4 is 5.32 Å². The normalized spacial score (nSPS) is 24.6. The molecular formula is C12H17N3O3. The van der Waals surface area contributed by atoms with Crippen molar-refractivity contribution in [3.63, 3.8) is 0 Å². The molecule has 1 N–H and O–H groups in total. The maximum absolute atomic E-state index is 12.3. The molecule has 1 saturated heterocycles. The van der Waals surface area contributed by atoms with Crippen molar-refractivity contribution in [2.24, 2.45) is 5.92 Å². The summed E-state index contributed by atoms with van der Waals surface area (Å²) >= 11 is 0. The number of rotatable bonds is 3. The average Bonchev–Trinajstić information content (AvgIpc) is 2.81. The predicted octanol–water partition coefficient (Wildman–Crippen LogP) is 0.546. The lowest BCUT2D eigenvalue weighted by atomic mass is 9.98. The fraction of sp³-hybridized carbons (Fsp3) is 0.583. The van der Waals surface area contributed by atoms with Gasteiger partial charge in [-0.3, -0.25) is 9.59 Å². The smallest absolute Gasteiger partial charge is 0.246 e. The Hall–Kier alpha value is -1.85. The summed E-state index contributed by atoms with van der Waals surface area (Å²) in [5.41, 5.74) is 0. The van der Waals surface area contributed by atoms with Gasteiger partial charge in [-0.25, -0.2) is 0 Å². The van der Waals surface area contributed by atoms with E-state index in [1.165, 1.54) is 11.1 Å². The van der Waals surface area contributed by atoms with Crippen LogP contribution in [0.15, 0.2) is 16.8 Å². The van der Waals surface area contributed by atoms with E-state index in [9.17, 15) is 9.59 Å². The van der Waals surface area contributed by atoms with Gasteiger partial charge in [0, 0.05) is 6.07 Å². The van der Waals surface area contributed by atoms with Crippen molar-refractivity contribution in [1.82, 2.24) is 15.4 Å². The summed E-state index contributed by atoms with van der Waals surface area (Å²) in [5.74, 6) is 0.430. The highest BCUT2D eigenvalue weighted by Gasteiger charge is 2.39. The van der Waals surface area contributed by atoms with Gasteiger partial charge in [-0.2, -0.15) is 0 Å². The van der Waals surface area contributed by atoms with Crippen LogP contribution in [0.3, 0.4) is 0 Å². The monoisotopic (exact) mass is 251 g/mol. The third-order valence-corrected chi connectivity index (χ3v) is 3.18. The van der Waals surface area contributed by atoms with Gasteiger partial charge in [0.05, 0.1) is 12.7 Å². The third-order valence-electron chi connectivity index (χ3n) is 3.18. The second-order valence-electron chi connectivity index (χ2n) is 4.85. The summed E-state index contributed by atoms with van der Waals surface area (Å²) in [5, 5.41) is 6.35. The molecule has 1 aromatic heterocycles. The molecule has 2 amide bonds. The van der Waals surface area contributed by atoms with E-state index < -0.39 is 12.1 Å². The highest BCUT2D eigenvalue weighted by atomic mass is 16.5. The van der Waals surface area contributed by atoms with E-state index in [4.69, 9.17) is 4.52 Å². The lowest BCUT2D eigenvalue weighted by Crippen LogP contribution is -2.63. The van der Waals surface area contributed by atoms with Gasteiger partial charge in [-0.15, -0.1) is 0 Å². The van der Waals surface area contributed by atoms with Gasteiger partial charge >= 0.3 is 0 Å². The first-order valence-corrected chi connectivity index (χ1v) is 6.01. The molecule has 0 spiro atoms. The molecule has 1 aliphatic rings. The van der Waals surface area contributed by atoms with Crippen molar-refractivity contribution >= 4 is 11.8 Å². The van der Waals surface area contributed by atoms with Gasteiger partial charge in [-0.1, -0.05) is 19.0 Å². The molecule has 0 aromatic carbocycles. The number of piperazine rings is 1. The van der Waals surface area contributed by atoms with Crippen LogP contribution in [0.1, 0.15) is 26.5 Å². The van der Waals surface area contributed by atoms with Crippen molar-refractivity contribution in [1.29, 1.82) is 0 Å². The van der Waals surface area contributed by atoms with Gasteiger partial charge in [0.25, 0.3) is 0 Å². The Balaban J connectivity index is 2.19. The fourth-order valence-corrected chi connectivity index (χ4v) is 2.00. The maximum atomic E-state index is 12.3. The van der Waals surface area contributed by atoms with Crippen molar-refractivity contribution in [2.45, 2.75) is 39.4 Å². The van der Waals surface area contributed by atoms with Crippen LogP contribution in [0.5, 0.6) is 0 Å². The van der Waals surface area contributed by atoms with Crippen LogP contribution in [0.4, 0.5) is 0 Å². The minimum absolute atomic E-state index is 0.0613. The van der Waals surface area contributed by atoms with Gasteiger partial charge in [-0.05, 0) is 12.8 Å². The van der Waals surface area contributed by atoms with Crippen LogP contribution >= 0.6 is 0 Å². The SMILES string of the molecule is CC(C)C1NC(=O)C(C)N(Cc2ccno2)C1=O. The Kier molecular flexibility index (Phi) is 3.36. The molecule has 1 aliphatic heterocycles. The molecule has 98 valence electrons. The number of carbonyl (C=O) groups excluding carboxylic acids is 2. The molecule has 2 heterocycles. The molecule has 6 heteroatoms. The zero-order valence-corrected chi connectivity index (χ0v) is 10.7. The van der Waals surface area contributed by atoms with E-state index in [2.05, 4.69) is 10.5 Å². The maximum Gasteiger partial charge on any atom is 0.246 e. The fourth-order valence-electron chi connectivity index (χ4n) is 2.00. The first kappa shape index (κ1) is 12.6. The van der Waals surface area contributed by atoms with Crippen LogP contribution in [-0.2, 0) is 16.1 Å². The highest BCUT2D eigenvalue weighted by molar-refractivity contribution is 5.96. The first-order chi connectivity index (χ1) is 8.50. The van der Waals surface area contributed by atoms with E-state index in [-0.39, 0.29) is 24.3 Å². The Labute approximate surface area is 105 Å². The largest absolute Gasteiger partial charge is 0.360 e. The zero-order chi connectivity index (χ0) is 13.3. The van der Waals surface area contributed by atoms with Crippen molar-refractivity contribution in [3.05, 3.63) is 18.0 Å². The summed E-state index contributed by atoms with van der Waals surface area (Å²) in [4.78, 5) is 25.7. The number of hydrogen-bond donors (Lipinski definition) is 1. The highest BCUT2D eigenvalue weighted by Crippen LogP contribution is 2.17. The molecule has 0 saturated carbocycles. The van der Waals surface area contributed by atoms with E-state index in [0.29, 0.717) is 5.76 Å². The molecule has 2 atom stereocenters. The van der Waals surface area contributed by atoms with Crippen LogP contribution in [-0.4, -0.2) is 34.0 Å². The van der Waals surface area contributed by atoms with Gasteiger partial charge in [0.2, 0.25) is 11.8 Å². The third kappa shape index (κ3) is 2.23. The molecule has 0 aliphatic carbocycles. The zero-order valence-electron chi connectivity index (χ0n) is 10.7. The second-order valence-corrected chi connectivity index (χ2v) is 4.85. The van der Waals surface area contributed by atoms with Crippen LogP contribution in [0.2, 0.25) is 0 Å². The van der Waals surface area contributed by atoms with Gasteiger partial charge < -0.3 is 14.7 Å². The quantitative estimate of drug-likeness (QED) is 0.851. The Morgan fingerprint density at radius 3 is 2.78 bits per heavy atom. The number of carbonyl (C=O) groups is 2. The standard InChI is InChI=1S/C12H17N3O3/c1-7(2)10-12(17)15(8(3)11(16)14-10)6-9-4-5-13-18-9/h4-5,7-8,10H,6H2,1-3H3,(H,14,16). The summed E-state index contributed by atoms with van der Waals surface area (Å²) in [6, 6.07) is 0.742. The summed E-state index contributed by atoms with van der Waals surface area (Å²) in [6.45, 7) is 5.80. The Morgan fingerprint density at radius 2 is 2.22 bits per heavy atom. The lowest BCUT2D eigenvalue weighted by Gasteiger charge is -2.38. The van der Waals surface area contributed by atoms with Crippen molar-refractivity contribution in [3.8, 4) is 0 Å². The van der Waals surface area contributed by atoms with E-state index in [1.807, 2.05) is 13.8 Å². The minimum atomic E-state index is -0.488. The number of nitrogens with one attached hydrogen (secondary N) is 1. The van der Waals surface area contributed by atoms with E-state index in [1.54, 1.807) is 13.0 Å². The van der Waals surface area contributed by atoms with Crippen LogP contribution in [0, 0.1) is 5.92 Å². The topological polar surface area (TPSA) is 75.4 Å². The molecule has 2 rings (SSSR count). The first-order valence-electron chi connectivity index (χ1n) is 6.01. The summed E-state index contributed by atoms with van der Waals surface area (Å²) in [7, 11) is 0. The summed E-state index contributed by atoms with van der Waals surface area (Å²) in [6.07, 6.45) is 1.52. The lowest BCUT2D eigenvalue weighted by molar-refractivity contribution is -0.150. The molecule has 2 unspecified atom stereocenters. The molecule has 0 radical (unpaired) electrons. The summed E-state index contributed by atoms with van der Waals surface area (Å²) < 4.78 is 4.99. The molecule has 6 nitrogen and oxygen atoms in total. The predicted molar refractivity (Wildman–Crippen MR) is 63.3 cm³/mol.